The summed E-state index contributed by atoms with van der Waals surface area (Å²) in [6, 6.07) is 0. The maximum Gasteiger partial charge on any atom is 0.0445 e. The van der Waals surface area contributed by atoms with Gasteiger partial charge in [0.15, 0.2) is 0 Å². The van der Waals surface area contributed by atoms with Crippen molar-refractivity contribution in [2.24, 2.45) is 17.8 Å². The number of rotatable bonds is 2. The molecule has 0 aromatic carbocycles. The van der Waals surface area contributed by atoms with E-state index in [1.807, 2.05) is 6.92 Å². The largest absolute Gasteiger partial charge is 0.550 e. The molecule has 1 aliphatic carbocycles. The van der Waals surface area contributed by atoms with E-state index in [0.29, 0.717) is 12.8 Å². The van der Waals surface area contributed by atoms with Crippen LogP contribution in [-0.2, 0) is 9.59 Å². The highest BCUT2D eigenvalue weighted by molar-refractivity contribution is 5.72. The van der Waals surface area contributed by atoms with E-state index in [-0.39, 0.29) is 12.3 Å². The minimum absolute atomic E-state index is 0.125. The first-order valence-corrected chi connectivity index (χ1v) is 4.42. The molecule has 0 spiro atoms. The normalized spacial score (nSPS) is 34.1. The highest BCUT2D eigenvalue weighted by atomic mass is 16.4. The Hall–Kier alpha value is -1.06. The Morgan fingerprint density at radius 1 is 1.00 bits per heavy atom. The van der Waals surface area contributed by atoms with E-state index in [0.717, 1.165) is 0 Å². The zero-order chi connectivity index (χ0) is 10.0. The summed E-state index contributed by atoms with van der Waals surface area (Å²) in [4.78, 5) is 21.1. The molecule has 0 radical (unpaired) electrons. The van der Waals surface area contributed by atoms with Gasteiger partial charge in [-0.3, -0.25) is 0 Å². The Morgan fingerprint density at radius 3 is 1.69 bits per heavy atom. The average Bonchev–Trinajstić information content (AvgIpc) is 2.03. The number of carbonyl (C=O) groups is 2. The second kappa shape index (κ2) is 3.77. The molecule has 1 fully saturated rings. The Kier molecular flexibility index (Phi) is 2.90. The third kappa shape index (κ3) is 2.44. The van der Waals surface area contributed by atoms with Gasteiger partial charge in [-0.25, -0.2) is 0 Å². The van der Waals surface area contributed by atoms with Gasteiger partial charge >= 0.3 is 0 Å². The smallest absolute Gasteiger partial charge is 0.0445 e. The Morgan fingerprint density at radius 2 is 1.38 bits per heavy atom. The summed E-state index contributed by atoms with van der Waals surface area (Å²) in [6.45, 7) is 1.85. The van der Waals surface area contributed by atoms with Crippen molar-refractivity contribution in [3.8, 4) is 0 Å². The maximum absolute atomic E-state index is 10.5. The minimum atomic E-state index is -1.14. The minimum Gasteiger partial charge on any atom is -0.550 e. The molecule has 0 aromatic rings. The molecule has 0 unspecified atom stereocenters. The predicted molar refractivity (Wildman–Crippen MR) is 40.0 cm³/mol. The van der Waals surface area contributed by atoms with Crippen LogP contribution >= 0.6 is 0 Å². The van der Waals surface area contributed by atoms with Crippen molar-refractivity contribution in [2.75, 3.05) is 0 Å². The molecule has 0 saturated heterocycles. The van der Waals surface area contributed by atoms with Gasteiger partial charge in [0.05, 0.1) is 0 Å². The van der Waals surface area contributed by atoms with Crippen LogP contribution in [0.4, 0.5) is 0 Å². The number of hydrogen-bond donors (Lipinski definition) is 0. The van der Waals surface area contributed by atoms with E-state index in [4.69, 9.17) is 0 Å². The van der Waals surface area contributed by atoms with Crippen LogP contribution in [0.2, 0.25) is 0 Å². The number of carbonyl (C=O) groups excluding carboxylic acids is 2. The van der Waals surface area contributed by atoms with Gasteiger partial charge in [-0.2, -0.15) is 0 Å². The first-order valence-electron chi connectivity index (χ1n) is 4.42. The molecule has 13 heavy (non-hydrogen) atoms. The van der Waals surface area contributed by atoms with E-state index in [2.05, 4.69) is 0 Å². The number of carboxylic acid groups (broad SMARTS) is 2. The molecule has 4 heteroatoms. The average molecular weight is 184 g/mol. The van der Waals surface area contributed by atoms with Gasteiger partial charge in [0.2, 0.25) is 0 Å². The van der Waals surface area contributed by atoms with Crippen molar-refractivity contribution >= 4 is 11.9 Å². The molecule has 0 bridgehead atoms. The predicted octanol–water partition coefficient (Wildman–Crippen LogP) is -1.46. The standard InChI is InChI=1S/C9H14O4/c1-5-2-6(8(10)11)4-7(3-5)9(12)13/h5-7H,2-4H2,1H3,(H,10,11)(H,12,13)/p-2/t6-,7-/m0/s1. The first kappa shape index (κ1) is 10.0. The zero-order valence-electron chi connectivity index (χ0n) is 7.49. The van der Waals surface area contributed by atoms with Crippen molar-refractivity contribution in [1.29, 1.82) is 0 Å². The van der Waals surface area contributed by atoms with Crippen LogP contribution < -0.4 is 10.2 Å². The SMILES string of the molecule is CC1C[C@H](C(=O)[O-])C[C@@H](C(=O)[O-])C1. The Labute approximate surface area is 76.6 Å². The van der Waals surface area contributed by atoms with Gasteiger partial charge in [-0.05, 0) is 37.0 Å². The third-order valence-corrected chi connectivity index (χ3v) is 2.61. The molecule has 0 aliphatic heterocycles. The number of carboxylic acids is 2. The van der Waals surface area contributed by atoms with Gasteiger partial charge in [-0.1, -0.05) is 6.92 Å². The molecule has 74 valence electrons. The highest BCUT2D eigenvalue weighted by Gasteiger charge is 2.27. The molecule has 1 saturated carbocycles. The van der Waals surface area contributed by atoms with Crippen molar-refractivity contribution in [3.05, 3.63) is 0 Å². The van der Waals surface area contributed by atoms with Crippen LogP contribution in [0, 0.1) is 17.8 Å². The Balaban J connectivity index is 2.62. The summed E-state index contributed by atoms with van der Waals surface area (Å²) < 4.78 is 0. The monoisotopic (exact) mass is 184 g/mol. The first-order chi connectivity index (χ1) is 6.00. The van der Waals surface area contributed by atoms with Crippen molar-refractivity contribution in [1.82, 2.24) is 0 Å². The van der Waals surface area contributed by atoms with E-state index < -0.39 is 23.8 Å². The molecule has 4 nitrogen and oxygen atoms in total. The quantitative estimate of drug-likeness (QED) is 0.525. The van der Waals surface area contributed by atoms with Gasteiger partial charge in [0, 0.05) is 11.9 Å². The van der Waals surface area contributed by atoms with Crippen LogP contribution in [0.1, 0.15) is 26.2 Å². The molecule has 0 aromatic heterocycles. The van der Waals surface area contributed by atoms with Crippen LogP contribution in [0.3, 0.4) is 0 Å². The summed E-state index contributed by atoms with van der Waals surface area (Å²) in [7, 11) is 0. The lowest BCUT2D eigenvalue weighted by Gasteiger charge is -2.34. The zero-order valence-corrected chi connectivity index (χ0v) is 7.49. The molecule has 1 aliphatic rings. The number of hydrogen-bond acceptors (Lipinski definition) is 4. The fourth-order valence-electron chi connectivity index (χ4n) is 1.99. The van der Waals surface area contributed by atoms with Gasteiger partial charge in [0.25, 0.3) is 0 Å². The summed E-state index contributed by atoms with van der Waals surface area (Å²) >= 11 is 0. The third-order valence-electron chi connectivity index (χ3n) is 2.61. The fraction of sp³-hybridized carbons (Fsp3) is 0.778. The molecular weight excluding hydrogens is 172 g/mol. The van der Waals surface area contributed by atoms with E-state index in [1.54, 1.807) is 0 Å². The second-order valence-corrected chi connectivity index (χ2v) is 3.84. The lowest BCUT2D eigenvalue weighted by Crippen LogP contribution is -2.42. The van der Waals surface area contributed by atoms with E-state index >= 15 is 0 Å². The van der Waals surface area contributed by atoms with E-state index in [1.165, 1.54) is 0 Å². The summed E-state index contributed by atoms with van der Waals surface area (Å²) in [6.07, 6.45) is 1.20. The Bertz CT molecular complexity index is 202. The molecule has 2 atom stereocenters. The van der Waals surface area contributed by atoms with Crippen molar-refractivity contribution in [2.45, 2.75) is 26.2 Å². The lowest BCUT2D eigenvalue weighted by atomic mass is 9.76. The van der Waals surface area contributed by atoms with Crippen LogP contribution in [0.5, 0.6) is 0 Å². The van der Waals surface area contributed by atoms with E-state index in [9.17, 15) is 19.8 Å². The topological polar surface area (TPSA) is 80.3 Å². The summed E-state index contributed by atoms with van der Waals surface area (Å²) in [5.41, 5.74) is 0. The molecular formula is C9H12O4-2. The molecule has 0 amide bonds. The highest BCUT2D eigenvalue weighted by Crippen LogP contribution is 2.32. The second-order valence-electron chi connectivity index (χ2n) is 3.84. The fourth-order valence-corrected chi connectivity index (χ4v) is 1.99. The summed E-state index contributed by atoms with van der Waals surface area (Å²) in [5.74, 6) is -3.39. The van der Waals surface area contributed by atoms with Gasteiger partial charge in [-0.15, -0.1) is 0 Å². The maximum atomic E-state index is 10.5. The number of aliphatic carboxylic acids is 2. The van der Waals surface area contributed by atoms with Crippen molar-refractivity contribution < 1.29 is 19.8 Å². The van der Waals surface area contributed by atoms with Crippen molar-refractivity contribution in [3.63, 3.8) is 0 Å². The van der Waals surface area contributed by atoms with Crippen LogP contribution in [0.15, 0.2) is 0 Å². The lowest BCUT2D eigenvalue weighted by molar-refractivity contribution is -0.318. The van der Waals surface area contributed by atoms with Gasteiger partial charge < -0.3 is 19.8 Å². The van der Waals surface area contributed by atoms with Crippen LogP contribution in [0.25, 0.3) is 0 Å². The van der Waals surface area contributed by atoms with Gasteiger partial charge in [0.1, 0.15) is 0 Å². The van der Waals surface area contributed by atoms with Crippen LogP contribution in [-0.4, -0.2) is 11.9 Å². The molecule has 0 N–H and O–H groups in total. The summed E-state index contributed by atoms with van der Waals surface area (Å²) in [5, 5.41) is 21.1. The molecule has 0 heterocycles. The molecule has 1 rings (SSSR count).